The van der Waals surface area contributed by atoms with E-state index in [0.29, 0.717) is 38.5 Å². The first-order valence-electron chi connectivity index (χ1n) is 8.12. The molecule has 0 N–H and O–H groups in total. The second-order valence-electron chi connectivity index (χ2n) is 6.38. The summed E-state index contributed by atoms with van der Waals surface area (Å²) >= 11 is 0. The summed E-state index contributed by atoms with van der Waals surface area (Å²) in [6.45, 7) is 4.31. The van der Waals surface area contributed by atoms with Crippen LogP contribution in [0.3, 0.4) is 0 Å². The minimum atomic E-state index is -2.93. The number of sulfone groups is 1. The average Bonchev–Trinajstić information content (AvgIpc) is 2.94. The standard InChI is InChI=1S/C15H23N5O3S/c1-12(21)19-6-8-20(9-7-19)15-16-5-3-14(17-15)18(2)13-4-10-24(22,23)11-13/h3,5,13H,4,6-11H2,1-2H3. The van der Waals surface area contributed by atoms with Crippen LogP contribution >= 0.6 is 0 Å². The molecule has 132 valence electrons. The van der Waals surface area contributed by atoms with Gasteiger partial charge in [0.25, 0.3) is 0 Å². The number of piperazine rings is 1. The van der Waals surface area contributed by atoms with Gasteiger partial charge in [0.1, 0.15) is 5.82 Å². The summed E-state index contributed by atoms with van der Waals surface area (Å²) in [6, 6.07) is 1.77. The van der Waals surface area contributed by atoms with Crippen molar-refractivity contribution in [3.63, 3.8) is 0 Å². The first-order chi connectivity index (χ1) is 11.4. The zero-order chi connectivity index (χ0) is 17.3. The van der Waals surface area contributed by atoms with Gasteiger partial charge in [-0.05, 0) is 12.5 Å². The molecule has 3 rings (SSSR count). The normalized spacial score (nSPS) is 23.3. The molecular formula is C15H23N5O3S. The highest BCUT2D eigenvalue weighted by Crippen LogP contribution is 2.22. The number of hydrogen-bond donors (Lipinski definition) is 0. The van der Waals surface area contributed by atoms with Gasteiger partial charge in [-0.2, -0.15) is 4.98 Å². The summed E-state index contributed by atoms with van der Waals surface area (Å²) in [5, 5.41) is 0. The maximum absolute atomic E-state index is 11.7. The summed E-state index contributed by atoms with van der Waals surface area (Å²) in [4.78, 5) is 26.1. The molecule has 1 unspecified atom stereocenters. The lowest BCUT2D eigenvalue weighted by atomic mass is 10.2. The fourth-order valence-electron chi connectivity index (χ4n) is 3.18. The Hall–Kier alpha value is -1.90. The largest absolute Gasteiger partial charge is 0.355 e. The molecule has 3 heterocycles. The number of nitrogens with zero attached hydrogens (tertiary/aromatic N) is 5. The summed E-state index contributed by atoms with van der Waals surface area (Å²) < 4.78 is 23.4. The molecule has 2 aliphatic heterocycles. The van der Waals surface area contributed by atoms with E-state index < -0.39 is 9.84 Å². The molecule has 1 aromatic heterocycles. The van der Waals surface area contributed by atoms with Crippen molar-refractivity contribution in [2.24, 2.45) is 0 Å². The molecular weight excluding hydrogens is 330 g/mol. The molecule has 0 radical (unpaired) electrons. The Morgan fingerprint density at radius 3 is 2.58 bits per heavy atom. The molecule has 0 spiro atoms. The van der Waals surface area contributed by atoms with E-state index in [1.54, 1.807) is 19.2 Å². The highest BCUT2D eigenvalue weighted by Gasteiger charge is 2.31. The third-order valence-electron chi connectivity index (χ3n) is 4.75. The van der Waals surface area contributed by atoms with Gasteiger partial charge in [-0.15, -0.1) is 0 Å². The smallest absolute Gasteiger partial charge is 0.227 e. The fourth-order valence-corrected chi connectivity index (χ4v) is 4.95. The maximum Gasteiger partial charge on any atom is 0.227 e. The second-order valence-corrected chi connectivity index (χ2v) is 8.60. The molecule has 2 fully saturated rings. The monoisotopic (exact) mass is 353 g/mol. The Morgan fingerprint density at radius 2 is 2.00 bits per heavy atom. The van der Waals surface area contributed by atoms with Gasteiger partial charge < -0.3 is 14.7 Å². The Morgan fingerprint density at radius 1 is 1.29 bits per heavy atom. The summed E-state index contributed by atoms with van der Waals surface area (Å²) in [5.41, 5.74) is 0. The molecule has 2 saturated heterocycles. The fraction of sp³-hybridized carbons (Fsp3) is 0.667. The molecule has 1 atom stereocenters. The van der Waals surface area contributed by atoms with Crippen LogP contribution < -0.4 is 9.80 Å². The van der Waals surface area contributed by atoms with Crippen LogP contribution in [-0.2, 0) is 14.6 Å². The first kappa shape index (κ1) is 16.9. The number of hydrogen-bond acceptors (Lipinski definition) is 7. The molecule has 24 heavy (non-hydrogen) atoms. The lowest BCUT2D eigenvalue weighted by Crippen LogP contribution is -2.48. The summed E-state index contributed by atoms with van der Waals surface area (Å²) in [7, 11) is -1.05. The number of anilines is 2. The predicted octanol–water partition coefficient (Wildman–Crippen LogP) is -0.232. The SMILES string of the molecule is CC(=O)N1CCN(c2nccc(N(C)C3CCS(=O)(=O)C3)n2)CC1. The van der Waals surface area contributed by atoms with E-state index in [1.807, 2.05) is 16.8 Å². The highest BCUT2D eigenvalue weighted by molar-refractivity contribution is 7.91. The van der Waals surface area contributed by atoms with E-state index in [9.17, 15) is 13.2 Å². The van der Waals surface area contributed by atoms with E-state index in [4.69, 9.17) is 0 Å². The van der Waals surface area contributed by atoms with E-state index >= 15 is 0 Å². The second kappa shape index (κ2) is 6.54. The topological polar surface area (TPSA) is 86.7 Å². The van der Waals surface area contributed by atoms with Gasteiger partial charge in [0.2, 0.25) is 11.9 Å². The Balaban J connectivity index is 1.70. The van der Waals surface area contributed by atoms with Gasteiger partial charge in [-0.3, -0.25) is 4.79 Å². The average molecular weight is 353 g/mol. The van der Waals surface area contributed by atoms with Crippen LogP contribution in [0.15, 0.2) is 12.3 Å². The highest BCUT2D eigenvalue weighted by atomic mass is 32.2. The van der Waals surface area contributed by atoms with Crippen molar-refractivity contribution in [1.29, 1.82) is 0 Å². The van der Waals surface area contributed by atoms with Crippen molar-refractivity contribution in [2.75, 3.05) is 54.5 Å². The van der Waals surface area contributed by atoms with Crippen molar-refractivity contribution in [3.8, 4) is 0 Å². The number of rotatable bonds is 3. The van der Waals surface area contributed by atoms with Gasteiger partial charge in [0.15, 0.2) is 9.84 Å². The number of amides is 1. The molecule has 0 saturated carbocycles. The van der Waals surface area contributed by atoms with Crippen molar-refractivity contribution in [1.82, 2.24) is 14.9 Å². The lowest BCUT2D eigenvalue weighted by Gasteiger charge is -2.34. The molecule has 0 bridgehead atoms. The number of aromatic nitrogens is 2. The molecule has 0 aromatic carbocycles. The van der Waals surface area contributed by atoms with Gasteiger partial charge in [0.05, 0.1) is 11.5 Å². The van der Waals surface area contributed by atoms with Crippen molar-refractivity contribution in [2.45, 2.75) is 19.4 Å². The van der Waals surface area contributed by atoms with Crippen LogP contribution in [0.4, 0.5) is 11.8 Å². The molecule has 9 heteroatoms. The minimum absolute atomic E-state index is 0.0349. The van der Waals surface area contributed by atoms with E-state index in [1.165, 1.54) is 0 Å². The van der Waals surface area contributed by atoms with Gasteiger partial charge >= 0.3 is 0 Å². The molecule has 1 aromatic rings. The molecule has 8 nitrogen and oxygen atoms in total. The first-order valence-corrected chi connectivity index (χ1v) is 9.94. The lowest BCUT2D eigenvalue weighted by molar-refractivity contribution is -0.129. The summed E-state index contributed by atoms with van der Waals surface area (Å²) in [6.07, 6.45) is 2.34. The van der Waals surface area contributed by atoms with Gasteiger partial charge in [-0.25, -0.2) is 13.4 Å². The van der Waals surface area contributed by atoms with Crippen LogP contribution in [0.2, 0.25) is 0 Å². The number of carbonyl (C=O) groups excluding carboxylic acids is 1. The summed E-state index contributed by atoms with van der Waals surface area (Å²) in [5.74, 6) is 1.87. The minimum Gasteiger partial charge on any atom is -0.355 e. The zero-order valence-corrected chi connectivity index (χ0v) is 14.9. The Kier molecular flexibility index (Phi) is 4.62. The van der Waals surface area contributed by atoms with Crippen molar-refractivity contribution >= 4 is 27.5 Å². The predicted molar refractivity (Wildman–Crippen MR) is 92.0 cm³/mol. The van der Waals surface area contributed by atoms with Crippen LogP contribution in [-0.4, -0.2) is 80.0 Å². The quantitative estimate of drug-likeness (QED) is 0.742. The van der Waals surface area contributed by atoms with Crippen LogP contribution in [0, 0.1) is 0 Å². The van der Waals surface area contributed by atoms with Crippen molar-refractivity contribution in [3.05, 3.63) is 12.3 Å². The Labute approximate surface area is 142 Å². The van der Waals surface area contributed by atoms with Gasteiger partial charge in [0, 0.05) is 52.4 Å². The third-order valence-corrected chi connectivity index (χ3v) is 6.50. The molecule has 0 aliphatic carbocycles. The Bertz CT molecular complexity index is 716. The van der Waals surface area contributed by atoms with E-state index in [-0.39, 0.29) is 23.5 Å². The van der Waals surface area contributed by atoms with E-state index in [0.717, 1.165) is 5.82 Å². The molecule has 1 amide bonds. The molecule has 2 aliphatic rings. The number of carbonyl (C=O) groups is 1. The third kappa shape index (κ3) is 3.61. The van der Waals surface area contributed by atoms with Crippen LogP contribution in [0.25, 0.3) is 0 Å². The zero-order valence-electron chi connectivity index (χ0n) is 14.1. The van der Waals surface area contributed by atoms with Crippen LogP contribution in [0.5, 0.6) is 0 Å². The van der Waals surface area contributed by atoms with E-state index in [2.05, 4.69) is 14.9 Å². The van der Waals surface area contributed by atoms with Gasteiger partial charge in [-0.1, -0.05) is 0 Å². The maximum atomic E-state index is 11.7. The van der Waals surface area contributed by atoms with Crippen molar-refractivity contribution < 1.29 is 13.2 Å². The van der Waals surface area contributed by atoms with Crippen LogP contribution in [0.1, 0.15) is 13.3 Å².